The zero-order chi connectivity index (χ0) is 20.3. The molecule has 0 bridgehead atoms. The highest BCUT2D eigenvalue weighted by atomic mass is 16.2. The number of likely N-dealkylation sites (tertiary alicyclic amines) is 1. The maximum absolute atomic E-state index is 13.0. The number of aryl methyl sites for hydroxylation is 3. The molecule has 2 aromatic rings. The molecule has 3 rings (SSSR count). The van der Waals surface area contributed by atoms with Crippen molar-refractivity contribution >= 4 is 17.5 Å². The molecule has 1 aromatic heterocycles. The molecule has 1 amide bonds. The Labute approximate surface area is 166 Å². The second-order valence-corrected chi connectivity index (χ2v) is 7.79. The third kappa shape index (κ3) is 4.61. The van der Waals surface area contributed by atoms with Crippen molar-refractivity contribution < 1.29 is 4.79 Å². The Morgan fingerprint density at radius 2 is 1.86 bits per heavy atom. The van der Waals surface area contributed by atoms with Crippen LogP contribution in [0.25, 0.3) is 0 Å². The van der Waals surface area contributed by atoms with Crippen LogP contribution >= 0.6 is 0 Å². The Balaban J connectivity index is 1.90. The summed E-state index contributed by atoms with van der Waals surface area (Å²) in [5.74, 6) is 0.399. The Hall–Kier alpha value is -2.63. The van der Waals surface area contributed by atoms with Crippen molar-refractivity contribution in [1.29, 1.82) is 0 Å². The lowest BCUT2D eigenvalue weighted by Crippen LogP contribution is -2.46. The van der Waals surface area contributed by atoms with Gasteiger partial charge in [-0.1, -0.05) is 13.0 Å². The Morgan fingerprint density at radius 1 is 1.14 bits per heavy atom. The third-order valence-electron chi connectivity index (χ3n) is 5.33. The molecule has 1 aliphatic heterocycles. The van der Waals surface area contributed by atoms with Crippen molar-refractivity contribution in [2.75, 3.05) is 11.9 Å². The molecule has 1 saturated heterocycles. The van der Waals surface area contributed by atoms with E-state index < -0.39 is 0 Å². The first kappa shape index (κ1) is 20.1. The number of amides is 1. The molecule has 1 fully saturated rings. The minimum Gasteiger partial charge on any atom is -0.338 e. The fourth-order valence-electron chi connectivity index (χ4n) is 4.02. The predicted octanol–water partition coefficient (Wildman–Crippen LogP) is 3.70. The molecule has 0 radical (unpaired) electrons. The number of hydrogen-bond acceptors (Lipinski definition) is 4. The second-order valence-electron chi connectivity index (χ2n) is 7.79. The van der Waals surface area contributed by atoms with Crippen molar-refractivity contribution in [2.24, 2.45) is 0 Å². The number of nitrogens with one attached hydrogen (secondary N) is 1. The average molecular weight is 383 g/mol. The molecule has 150 valence electrons. The van der Waals surface area contributed by atoms with Crippen molar-refractivity contribution in [3.63, 3.8) is 0 Å². The third-order valence-corrected chi connectivity index (χ3v) is 5.33. The molecule has 6 heteroatoms. The summed E-state index contributed by atoms with van der Waals surface area (Å²) in [5.41, 5.74) is 3.53. The molecule has 1 aromatic carbocycles. The van der Waals surface area contributed by atoms with Crippen LogP contribution in [0, 0.1) is 20.8 Å². The van der Waals surface area contributed by atoms with Gasteiger partial charge in [0.05, 0.1) is 0 Å². The van der Waals surface area contributed by atoms with E-state index in [0.29, 0.717) is 11.6 Å². The van der Waals surface area contributed by atoms with Crippen molar-refractivity contribution in [2.45, 2.75) is 66.0 Å². The lowest BCUT2D eigenvalue weighted by atomic mass is 10.00. The number of carbonyl (C=O) groups is 1. The summed E-state index contributed by atoms with van der Waals surface area (Å²) in [6.45, 7) is 8.74. The normalized spacial score (nSPS) is 16.9. The highest BCUT2D eigenvalue weighted by molar-refractivity contribution is 5.77. The largest absolute Gasteiger partial charge is 0.338 e. The van der Waals surface area contributed by atoms with Gasteiger partial charge in [0.1, 0.15) is 6.54 Å². The number of rotatable bonds is 5. The fourth-order valence-corrected chi connectivity index (χ4v) is 4.02. The summed E-state index contributed by atoms with van der Waals surface area (Å²) in [5, 5.41) is 3.25. The summed E-state index contributed by atoms with van der Waals surface area (Å²) >= 11 is 0. The molecule has 28 heavy (non-hydrogen) atoms. The number of benzene rings is 1. The molecule has 1 aliphatic rings. The molecular weight excluding hydrogens is 352 g/mol. The molecule has 0 spiro atoms. The van der Waals surface area contributed by atoms with E-state index in [9.17, 15) is 9.59 Å². The van der Waals surface area contributed by atoms with Crippen molar-refractivity contribution in [1.82, 2.24) is 14.5 Å². The zero-order valence-electron chi connectivity index (χ0n) is 17.3. The molecular formula is C22H30N4O2. The van der Waals surface area contributed by atoms with Crippen LogP contribution in [0.15, 0.2) is 29.1 Å². The van der Waals surface area contributed by atoms with Gasteiger partial charge in [0.25, 0.3) is 5.56 Å². The van der Waals surface area contributed by atoms with Crippen LogP contribution in [0.2, 0.25) is 0 Å². The van der Waals surface area contributed by atoms with Gasteiger partial charge in [-0.05, 0) is 69.7 Å². The SMILES string of the molecule is CC[C@@H]1CCCCN1C(=O)Cn1c(Nc2cc(C)cc(C)c2)nc(C)cc1=O. The Bertz CT molecular complexity index is 899. The standard InChI is InChI=1S/C22H30N4O2/c1-5-19-8-6-7-9-25(19)21(28)14-26-20(27)13-17(4)23-22(26)24-18-11-15(2)10-16(3)12-18/h10-13,19H,5-9,14H2,1-4H3,(H,23,24)/t19-/m1/s1. The molecule has 0 aliphatic carbocycles. The minimum atomic E-state index is -0.210. The lowest BCUT2D eigenvalue weighted by Gasteiger charge is -2.35. The topological polar surface area (TPSA) is 67.2 Å². The smallest absolute Gasteiger partial charge is 0.255 e. The number of carbonyl (C=O) groups excluding carboxylic acids is 1. The highest BCUT2D eigenvalue weighted by Gasteiger charge is 2.26. The van der Waals surface area contributed by atoms with Crippen LogP contribution in [-0.2, 0) is 11.3 Å². The highest BCUT2D eigenvalue weighted by Crippen LogP contribution is 2.21. The Kier molecular flexibility index (Phi) is 6.17. The predicted molar refractivity (Wildman–Crippen MR) is 112 cm³/mol. The van der Waals surface area contributed by atoms with Gasteiger partial charge in [0.15, 0.2) is 0 Å². The average Bonchev–Trinajstić information content (AvgIpc) is 2.63. The van der Waals surface area contributed by atoms with Gasteiger partial charge >= 0.3 is 0 Å². The number of hydrogen-bond donors (Lipinski definition) is 1. The fraction of sp³-hybridized carbons (Fsp3) is 0.500. The maximum atomic E-state index is 13.0. The van der Waals surface area contributed by atoms with E-state index in [1.165, 1.54) is 10.6 Å². The Morgan fingerprint density at radius 3 is 2.54 bits per heavy atom. The summed E-state index contributed by atoms with van der Waals surface area (Å²) in [4.78, 5) is 32.1. The summed E-state index contributed by atoms with van der Waals surface area (Å²) in [7, 11) is 0. The summed E-state index contributed by atoms with van der Waals surface area (Å²) < 4.78 is 1.45. The van der Waals surface area contributed by atoms with E-state index >= 15 is 0 Å². The monoisotopic (exact) mass is 382 g/mol. The zero-order valence-corrected chi connectivity index (χ0v) is 17.3. The van der Waals surface area contributed by atoms with E-state index in [4.69, 9.17) is 0 Å². The molecule has 1 atom stereocenters. The van der Waals surface area contributed by atoms with E-state index in [0.717, 1.165) is 49.0 Å². The first-order chi connectivity index (χ1) is 13.4. The first-order valence-corrected chi connectivity index (χ1v) is 10.1. The molecule has 0 unspecified atom stereocenters. The van der Waals surface area contributed by atoms with Gasteiger partial charge in [-0.25, -0.2) is 4.98 Å². The number of aromatic nitrogens is 2. The van der Waals surface area contributed by atoms with Gasteiger partial charge in [0.2, 0.25) is 11.9 Å². The van der Waals surface area contributed by atoms with Crippen LogP contribution in [0.1, 0.15) is 49.4 Å². The van der Waals surface area contributed by atoms with Gasteiger partial charge in [-0.15, -0.1) is 0 Å². The summed E-state index contributed by atoms with van der Waals surface area (Å²) in [6, 6.07) is 7.85. The quantitative estimate of drug-likeness (QED) is 0.856. The maximum Gasteiger partial charge on any atom is 0.255 e. The van der Waals surface area contributed by atoms with E-state index in [2.05, 4.69) is 23.3 Å². The molecule has 0 saturated carbocycles. The van der Waals surface area contributed by atoms with Crippen LogP contribution < -0.4 is 10.9 Å². The van der Waals surface area contributed by atoms with E-state index in [1.807, 2.05) is 30.9 Å². The van der Waals surface area contributed by atoms with E-state index in [1.54, 1.807) is 6.92 Å². The molecule has 6 nitrogen and oxygen atoms in total. The van der Waals surface area contributed by atoms with Crippen LogP contribution in [-0.4, -0.2) is 32.9 Å². The van der Waals surface area contributed by atoms with Gasteiger partial charge in [-0.2, -0.15) is 0 Å². The summed E-state index contributed by atoms with van der Waals surface area (Å²) in [6.07, 6.45) is 4.17. The van der Waals surface area contributed by atoms with Crippen molar-refractivity contribution in [3.05, 3.63) is 51.4 Å². The van der Waals surface area contributed by atoms with Gasteiger partial charge in [0, 0.05) is 30.0 Å². The molecule has 2 heterocycles. The number of piperidine rings is 1. The van der Waals surface area contributed by atoms with Crippen LogP contribution in [0.3, 0.4) is 0 Å². The van der Waals surface area contributed by atoms with Crippen LogP contribution in [0.5, 0.6) is 0 Å². The minimum absolute atomic E-state index is 0.00967. The molecule has 1 N–H and O–H groups in total. The first-order valence-electron chi connectivity index (χ1n) is 10.1. The van der Waals surface area contributed by atoms with Crippen LogP contribution in [0.4, 0.5) is 11.6 Å². The lowest BCUT2D eigenvalue weighted by molar-refractivity contribution is -0.135. The van der Waals surface area contributed by atoms with Crippen molar-refractivity contribution in [3.8, 4) is 0 Å². The van der Waals surface area contributed by atoms with E-state index in [-0.39, 0.29) is 24.1 Å². The van der Waals surface area contributed by atoms with Gasteiger partial charge in [-0.3, -0.25) is 14.2 Å². The second kappa shape index (κ2) is 8.59. The number of nitrogens with zero attached hydrogens (tertiary/aromatic N) is 3. The van der Waals surface area contributed by atoms with Gasteiger partial charge < -0.3 is 10.2 Å². The number of anilines is 2.